The van der Waals surface area contributed by atoms with Gasteiger partial charge in [-0.3, -0.25) is 4.79 Å². The lowest BCUT2D eigenvalue weighted by atomic mass is 9.92. The molecule has 3 aromatic rings. The number of hydrazone groups is 1. The van der Waals surface area contributed by atoms with Crippen molar-refractivity contribution in [3.05, 3.63) is 107 Å². The van der Waals surface area contributed by atoms with Gasteiger partial charge in [-0.05, 0) is 23.3 Å². The number of nitrogens with zero attached hydrogens (tertiary/aromatic N) is 1. The van der Waals surface area contributed by atoms with Crippen molar-refractivity contribution in [2.75, 3.05) is 0 Å². The second-order valence-electron chi connectivity index (χ2n) is 5.50. The summed E-state index contributed by atoms with van der Waals surface area (Å²) in [5, 5.41) is 4.05. The molecule has 25 heavy (non-hydrogen) atoms. The van der Waals surface area contributed by atoms with Gasteiger partial charge in [0.15, 0.2) is 0 Å². The molecular weight excluding hydrogens is 315 g/mol. The normalized spacial score (nSPS) is 11.0. The van der Waals surface area contributed by atoms with E-state index >= 15 is 0 Å². The molecule has 3 rings (SSSR count). The van der Waals surface area contributed by atoms with Crippen LogP contribution in [-0.2, 0) is 0 Å². The van der Waals surface area contributed by atoms with Crippen molar-refractivity contribution in [2.24, 2.45) is 5.10 Å². The van der Waals surface area contributed by atoms with Crippen LogP contribution in [-0.4, -0.2) is 12.1 Å². The molecule has 0 atom stereocenters. The largest absolute Gasteiger partial charge is 0.274 e. The molecule has 0 aliphatic rings. The number of rotatable bonds is 5. The van der Waals surface area contributed by atoms with Gasteiger partial charge in [0, 0.05) is 12.1 Å². The van der Waals surface area contributed by atoms with Crippen LogP contribution in [0.2, 0.25) is 0 Å². The number of carbonyl (C=O) groups is 1. The molecule has 0 aliphatic heterocycles. The predicted molar refractivity (Wildman–Crippen MR) is 97.1 cm³/mol. The van der Waals surface area contributed by atoms with Gasteiger partial charge in [0.25, 0.3) is 5.91 Å². The number of hydrogen-bond donors (Lipinski definition) is 1. The van der Waals surface area contributed by atoms with Gasteiger partial charge in [-0.15, -0.1) is 0 Å². The van der Waals surface area contributed by atoms with Crippen LogP contribution in [0.5, 0.6) is 0 Å². The fourth-order valence-corrected chi connectivity index (χ4v) is 2.56. The maximum absolute atomic E-state index is 13.6. The van der Waals surface area contributed by atoms with Crippen LogP contribution in [0.15, 0.2) is 90.0 Å². The molecule has 4 heteroatoms. The predicted octanol–water partition coefficient (Wildman–Crippen LogP) is 4.37. The lowest BCUT2D eigenvalue weighted by Gasteiger charge is -2.13. The van der Waals surface area contributed by atoms with Crippen molar-refractivity contribution in [3.8, 4) is 0 Å². The molecule has 0 heterocycles. The first-order chi connectivity index (χ1) is 12.3. The topological polar surface area (TPSA) is 41.5 Å². The summed E-state index contributed by atoms with van der Waals surface area (Å²) in [6.45, 7) is 0. The fourth-order valence-electron chi connectivity index (χ4n) is 2.56. The van der Waals surface area contributed by atoms with Crippen LogP contribution in [0.4, 0.5) is 4.39 Å². The summed E-state index contributed by atoms with van der Waals surface area (Å²) >= 11 is 0. The Hall–Kier alpha value is -3.27. The number of hydrogen-bond acceptors (Lipinski definition) is 2. The first kappa shape index (κ1) is 16.6. The molecule has 3 aromatic carbocycles. The Morgan fingerprint density at radius 3 is 1.92 bits per heavy atom. The maximum atomic E-state index is 13.6. The minimum Gasteiger partial charge on any atom is -0.267 e. The van der Waals surface area contributed by atoms with Crippen molar-refractivity contribution in [1.29, 1.82) is 0 Å². The number of amides is 1. The minimum atomic E-state index is -0.575. The summed E-state index contributed by atoms with van der Waals surface area (Å²) in [6.07, 6.45) is 1.66. The molecular formula is C21H17FN2O. The Morgan fingerprint density at radius 2 is 1.36 bits per heavy atom. The molecule has 0 fully saturated rings. The quantitative estimate of drug-likeness (QED) is 0.547. The monoisotopic (exact) mass is 332 g/mol. The van der Waals surface area contributed by atoms with E-state index in [1.165, 1.54) is 18.2 Å². The number of carbonyl (C=O) groups excluding carboxylic acids is 1. The third kappa shape index (κ3) is 4.18. The van der Waals surface area contributed by atoms with Gasteiger partial charge in [0.2, 0.25) is 0 Å². The second kappa shape index (κ2) is 8.02. The summed E-state index contributed by atoms with van der Waals surface area (Å²) in [7, 11) is 0. The van der Waals surface area contributed by atoms with E-state index < -0.39 is 11.7 Å². The van der Waals surface area contributed by atoms with Gasteiger partial charge in [0.05, 0.1) is 5.56 Å². The van der Waals surface area contributed by atoms with E-state index in [1.807, 2.05) is 60.7 Å². The van der Waals surface area contributed by atoms with E-state index in [4.69, 9.17) is 0 Å². The van der Waals surface area contributed by atoms with Gasteiger partial charge in [0.1, 0.15) is 5.82 Å². The third-order valence-corrected chi connectivity index (χ3v) is 3.83. The molecule has 0 spiro atoms. The van der Waals surface area contributed by atoms with Crippen molar-refractivity contribution in [2.45, 2.75) is 5.92 Å². The highest BCUT2D eigenvalue weighted by molar-refractivity contribution is 5.94. The van der Waals surface area contributed by atoms with Gasteiger partial charge in [-0.1, -0.05) is 72.8 Å². The molecule has 1 amide bonds. The first-order valence-electron chi connectivity index (χ1n) is 7.93. The van der Waals surface area contributed by atoms with E-state index in [0.29, 0.717) is 0 Å². The number of benzene rings is 3. The Bertz CT molecular complexity index is 824. The van der Waals surface area contributed by atoms with Crippen LogP contribution in [0.1, 0.15) is 27.4 Å². The van der Waals surface area contributed by atoms with E-state index in [9.17, 15) is 9.18 Å². The third-order valence-electron chi connectivity index (χ3n) is 3.83. The average molecular weight is 332 g/mol. The van der Waals surface area contributed by atoms with E-state index in [2.05, 4.69) is 10.5 Å². The number of nitrogens with one attached hydrogen (secondary N) is 1. The van der Waals surface area contributed by atoms with Gasteiger partial charge < -0.3 is 0 Å². The summed E-state index contributed by atoms with van der Waals surface area (Å²) in [4.78, 5) is 12.1. The molecule has 0 unspecified atom stereocenters. The maximum Gasteiger partial charge on any atom is 0.274 e. The molecule has 0 aliphatic carbocycles. The Kier molecular flexibility index (Phi) is 5.32. The highest BCUT2D eigenvalue weighted by Crippen LogP contribution is 2.22. The van der Waals surface area contributed by atoms with Crippen LogP contribution in [0.25, 0.3) is 0 Å². The smallest absolute Gasteiger partial charge is 0.267 e. The van der Waals surface area contributed by atoms with Crippen molar-refractivity contribution < 1.29 is 9.18 Å². The van der Waals surface area contributed by atoms with E-state index in [1.54, 1.807) is 12.3 Å². The molecule has 1 N–H and O–H groups in total. The molecule has 0 aromatic heterocycles. The number of halogens is 1. The van der Waals surface area contributed by atoms with Crippen LogP contribution >= 0.6 is 0 Å². The van der Waals surface area contributed by atoms with Crippen molar-refractivity contribution in [1.82, 2.24) is 5.43 Å². The zero-order valence-corrected chi connectivity index (χ0v) is 13.5. The minimum absolute atomic E-state index is 0.0318. The van der Waals surface area contributed by atoms with E-state index in [-0.39, 0.29) is 11.5 Å². The van der Waals surface area contributed by atoms with Gasteiger partial charge in [-0.2, -0.15) is 5.10 Å². The summed E-state index contributed by atoms with van der Waals surface area (Å²) in [6, 6.07) is 25.5. The molecule has 3 nitrogen and oxygen atoms in total. The highest BCUT2D eigenvalue weighted by atomic mass is 19.1. The van der Waals surface area contributed by atoms with Crippen molar-refractivity contribution in [3.63, 3.8) is 0 Å². The Morgan fingerprint density at radius 1 is 0.840 bits per heavy atom. The van der Waals surface area contributed by atoms with Gasteiger partial charge >= 0.3 is 0 Å². The van der Waals surface area contributed by atoms with Crippen LogP contribution in [0, 0.1) is 5.82 Å². The summed E-state index contributed by atoms with van der Waals surface area (Å²) in [5.74, 6) is -1.25. The lowest BCUT2D eigenvalue weighted by Crippen LogP contribution is -2.19. The van der Waals surface area contributed by atoms with Crippen LogP contribution in [0.3, 0.4) is 0 Å². The Labute approximate surface area is 145 Å². The Balaban J connectivity index is 1.80. The van der Waals surface area contributed by atoms with Crippen molar-refractivity contribution >= 4 is 12.1 Å². The van der Waals surface area contributed by atoms with Gasteiger partial charge in [-0.25, -0.2) is 9.82 Å². The first-order valence-corrected chi connectivity index (χ1v) is 7.93. The second-order valence-corrected chi connectivity index (χ2v) is 5.50. The zero-order chi connectivity index (χ0) is 17.5. The standard InChI is InChI=1S/C21H17FN2O/c22-20-14-8-7-13-18(20)21(25)24-23-15-19(16-9-3-1-4-10-16)17-11-5-2-6-12-17/h1-15,19H,(H,24,25)/b23-15-. The van der Waals surface area contributed by atoms with E-state index in [0.717, 1.165) is 11.1 Å². The molecule has 0 bridgehead atoms. The lowest BCUT2D eigenvalue weighted by molar-refractivity contribution is 0.0951. The zero-order valence-electron chi connectivity index (χ0n) is 13.5. The summed E-state index contributed by atoms with van der Waals surface area (Å²) in [5.41, 5.74) is 4.48. The molecule has 0 saturated carbocycles. The molecule has 0 saturated heterocycles. The summed E-state index contributed by atoms with van der Waals surface area (Å²) < 4.78 is 13.6. The SMILES string of the molecule is O=C(N/N=C\C(c1ccccc1)c1ccccc1)c1ccccc1F. The fraction of sp³-hybridized carbons (Fsp3) is 0.0476. The molecule has 124 valence electrons. The molecule has 0 radical (unpaired) electrons. The highest BCUT2D eigenvalue weighted by Gasteiger charge is 2.12. The average Bonchev–Trinajstić information content (AvgIpc) is 2.67. The van der Waals surface area contributed by atoms with Crippen LogP contribution < -0.4 is 5.43 Å².